The summed E-state index contributed by atoms with van der Waals surface area (Å²) in [7, 11) is 3.70. The lowest BCUT2D eigenvalue weighted by Gasteiger charge is -2.30. The van der Waals surface area contributed by atoms with Crippen LogP contribution in [0.25, 0.3) is 0 Å². The van der Waals surface area contributed by atoms with Crippen molar-refractivity contribution in [1.29, 1.82) is 0 Å². The van der Waals surface area contributed by atoms with Crippen LogP contribution in [0.2, 0.25) is 0 Å². The first-order valence-electron chi connectivity index (χ1n) is 6.12. The van der Waals surface area contributed by atoms with Crippen LogP contribution in [-0.2, 0) is 6.54 Å². The highest BCUT2D eigenvalue weighted by Crippen LogP contribution is 2.29. The van der Waals surface area contributed by atoms with E-state index in [9.17, 15) is 0 Å². The fourth-order valence-electron chi connectivity index (χ4n) is 2.20. The van der Waals surface area contributed by atoms with Crippen molar-refractivity contribution in [3.63, 3.8) is 0 Å². The number of rotatable bonds is 4. The third kappa shape index (κ3) is 2.90. The van der Waals surface area contributed by atoms with Gasteiger partial charge in [0.15, 0.2) is 0 Å². The maximum atomic E-state index is 5.50. The van der Waals surface area contributed by atoms with Crippen molar-refractivity contribution in [2.24, 2.45) is 0 Å². The lowest BCUT2D eigenvalue weighted by molar-refractivity contribution is 0.412. The SMILES string of the molecule is CNCc1ccc(N2CCNCC2)c(OC)c1. The number of hydrogen-bond acceptors (Lipinski definition) is 4. The van der Waals surface area contributed by atoms with E-state index in [1.54, 1.807) is 7.11 Å². The first kappa shape index (κ1) is 12.2. The standard InChI is InChI=1S/C13H21N3O/c1-14-10-11-3-4-12(13(9-11)17-2)16-7-5-15-6-8-16/h3-4,9,14-15H,5-8,10H2,1-2H3. The average Bonchev–Trinajstić information content (AvgIpc) is 2.40. The summed E-state index contributed by atoms with van der Waals surface area (Å²) in [4.78, 5) is 2.37. The number of hydrogen-bond donors (Lipinski definition) is 2. The molecule has 2 N–H and O–H groups in total. The Morgan fingerprint density at radius 1 is 1.35 bits per heavy atom. The maximum absolute atomic E-state index is 5.50. The van der Waals surface area contributed by atoms with Crippen molar-refractivity contribution in [2.45, 2.75) is 6.54 Å². The first-order valence-corrected chi connectivity index (χ1v) is 6.12. The summed E-state index contributed by atoms with van der Waals surface area (Å²) in [5.41, 5.74) is 2.46. The third-order valence-electron chi connectivity index (χ3n) is 3.08. The molecule has 0 aliphatic carbocycles. The van der Waals surface area contributed by atoms with Crippen molar-refractivity contribution in [2.75, 3.05) is 45.2 Å². The number of nitrogens with zero attached hydrogens (tertiary/aromatic N) is 1. The first-order chi connectivity index (χ1) is 8.35. The molecule has 0 radical (unpaired) electrons. The second-order valence-corrected chi connectivity index (χ2v) is 4.27. The van der Waals surface area contributed by atoms with Gasteiger partial charge >= 0.3 is 0 Å². The van der Waals surface area contributed by atoms with Crippen LogP contribution in [0.3, 0.4) is 0 Å². The molecule has 0 aromatic heterocycles. The lowest BCUT2D eigenvalue weighted by atomic mass is 10.1. The van der Waals surface area contributed by atoms with Crippen LogP contribution in [0.1, 0.15) is 5.56 Å². The Morgan fingerprint density at radius 2 is 2.12 bits per heavy atom. The minimum atomic E-state index is 0.873. The van der Waals surface area contributed by atoms with Crippen LogP contribution >= 0.6 is 0 Å². The van der Waals surface area contributed by atoms with Crippen LogP contribution in [0, 0.1) is 0 Å². The predicted octanol–water partition coefficient (Wildman–Crippen LogP) is 0.824. The zero-order valence-electron chi connectivity index (χ0n) is 10.6. The molecule has 1 aromatic carbocycles. The molecule has 0 unspecified atom stereocenters. The van der Waals surface area contributed by atoms with E-state index in [2.05, 4.69) is 33.7 Å². The molecule has 1 fully saturated rings. The molecule has 0 amide bonds. The minimum Gasteiger partial charge on any atom is -0.495 e. The van der Waals surface area contributed by atoms with E-state index in [1.807, 2.05) is 7.05 Å². The third-order valence-corrected chi connectivity index (χ3v) is 3.08. The molecule has 0 spiro atoms. The number of methoxy groups -OCH3 is 1. The Morgan fingerprint density at radius 3 is 2.76 bits per heavy atom. The van der Waals surface area contributed by atoms with E-state index in [1.165, 1.54) is 11.3 Å². The largest absolute Gasteiger partial charge is 0.495 e. The molecule has 1 heterocycles. The minimum absolute atomic E-state index is 0.873. The van der Waals surface area contributed by atoms with Crippen molar-refractivity contribution in [1.82, 2.24) is 10.6 Å². The van der Waals surface area contributed by atoms with Gasteiger partial charge in [0.05, 0.1) is 12.8 Å². The van der Waals surface area contributed by atoms with Crippen LogP contribution in [0.15, 0.2) is 18.2 Å². The van der Waals surface area contributed by atoms with Gasteiger partial charge in [-0.3, -0.25) is 0 Å². The molecular weight excluding hydrogens is 214 g/mol. The highest BCUT2D eigenvalue weighted by atomic mass is 16.5. The molecule has 4 heteroatoms. The van der Waals surface area contributed by atoms with Gasteiger partial charge in [-0.1, -0.05) is 6.07 Å². The molecule has 17 heavy (non-hydrogen) atoms. The van der Waals surface area contributed by atoms with E-state index < -0.39 is 0 Å². The number of ether oxygens (including phenoxy) is 1. The van der Waals surface area contributed by atoms with Crippen molar-refractivity contribution in [3.8, 4) is 5.75 Å². The maximum Gasteiger partial charge on any atom is 0.142 e. The second-order valence-electron chi connectivity index (χ2n) is 4.27. The van der Waals surface area contributed by atoms with Crippen LogP contribution in [-0.4, -0.2) is 40.3 Å². The number of anilines is 1. The molecule has 1 aromatic rings. The topological polar surface area (TPSA) is 36.5 Å². The Labute approximate surface area is 103 Å². The molecule has 2 rings (SSSR count). The van der Waals surface area contributed by atoms with Crippen molar-refractivity contribution < 1.29 is 4.74 Å². The molecule has 1 aliphatic rings. The Hall–Kier alpha value is -1.26. The lowest BCUT2D eigenvalue weighted by Crippen LogP contribution is -2.43. The number of nitrogens with one attached hydrogen (secondary N) is 2. The summed E-state index contributed by atoms with van der Waals surface area (Å²) in [6.07, 6.45) is 0. The van der Waals surface area contributed by atoms with E-state index in [-0.39, 0.29) is 0 Å². The number of benzene rings is 1. The molecular formula is C13H21N3O. The molecule has 0 bridgehead atoms. The van der Waals surface area contributed by atoms with Crippen LogP contribution in [0.4, 0.5) is 5.69 Å². The van der Waals surface area contributed by atoms with Gasteiger partial charge in [-0.05, 0) is 24.7 Å². The monoisotopic (exact) mass is 235 g/mol. The molecule has 4 nitrogen and oxygen atoms in total. The normalized spacial score (nSPS) is 16.0. The zero-order chi connectivity index (χ0) is 12.1. The van der Waals surface area contributed by atoms with E-state index in [0.717, 1.165) is 38.5 Å². The van der Waals surface area contributed by atoms with E-state index >= 15 is 0 Å². The van der Waals surface area contributed by atoms with Crippen LogP contribution in [0.5, 0.6) is 5.75 Å². The van der Waals surface area contributed by atoms with Gasteiger partial charge < -0.3 is 20.3 Å². The van der Waals surface area contributed by atoms with Gasteiger partial charge in [0, 0.05) is 32.7 Å². The summed E-state index contributed by atoms with van der Waals surface area (Å²) in [6, 6.07) is 6.45. The van der Waals surface area contributed by atoms with Gasteiger partial charge in [-0.25, -0.2) is 0 Å². The van der Waals surface area contributed by atoms with Gasteiger partial charge in [-0.2, -0.15) is 0 Å². The van der Waals surface area contributed by atoms with Gasteiger partial charge in [0.2, 0.25) is 0 Å². The van der Waals surface area contributed by atoms with Gasteiger partial charge in [0.1, 0.15) is 5.75 Å². The summed E-state index contributed by atoms with van der Waals surface area (Å²) in [5.74, 6) is 0.972. The molecule has 94 valence electrons. The predicted molar refractivity (Wildman–Crippen MR) is 70.8 cm³/mol. The average molecular weight is 235 g/mol. The van der Waals surface area contributed by atoms with Crippen LogP contribution < -0.4 is 20.3 Å². The second kappa shape index (κ2) is 5.89. The summed E-state index contributed by atoms with van der Waals surface area (Å²) in [6.45, 7) is 5.05. The summed E-state index contributed by atoms with van der Waals surface area (Å²) in [5, 5.41) is 6.52. The summed E-state index contributed by atoms with van der Waals surface area (Å²) >= 11 is 0. The van der Waals surface area contributed by atoms with Gasteiger partial charge in [0.25, 0.3) is 0 Å². The smallest absolute Gasteiger partial charge is 0.142 e. The zero-order valence-corrected chi connectivity index (χ0v) is 10.6. The highest BCUT2D eigenvalue weighted by Gasteiger charge is 2.14. The van der Waals surface area contributed by atoms with E-state index in [0.29, 0.717) is 0 Å². The van der Waals surface area contributed by atoms with Crippen molar-refractivity contribution >= 4 is 5.69 Å². The fourth-order valence-corrected chi connectivity index (χ4v) is 2.20. The molecule has 1 saturated heterocycles. The van der Waals surface area contributed by atoms with Crippen molar-refractivity contribution in [3.05, 3.63) is 23.8 Å². The quantitative estimate of drug-likeness (QED) is 0.810. The highest BCUT2D eigenvalue weighted by molar-refractivity contribution is 5.60. The van der Waals surface area contributed by atoms with Gasteiger partial charge in [-0.15, -0.1) is 0 Å². The fraction of sp³-hybridized carbons (Fsp3) is 0.538. The Balaban J connectivity index is 2.20. The number of piperazine rings is 1. The Bertz CT molecular complexity index is 362. The molecule has 0 saturated carbocycles. The van der Waals surface area contributed by atoms with E-state index in [4.69, 9.17) is 4.74 Å². The Kier molecular flexibility index (Phi) is 4.23. The summed E-state index contributed by atoms with van der Waals surface area (Å²) < 4.78 is 5.50. The molecule has 1 aliphatic heterocycles. The molecule has 0 atom stereocenters.